The maximum atomic E-state index is 12.4. The average Bonchev–Trinajstić information content (AvgIpc) is 2.55. The van der Waals surface area contributed by atoms with Gasteiger partial charge in [0.05, 0.1) is 22.7 Å². The number of ether oxygens (including phenoxy) is 1. The molecule has 0 bridgehead atoms. The van der Waals surface area contributed by atoms with Gasteiger partial charge in [-0.05, 0) is 42.3 Å². The Hall–Kier alpha value is -2.25. The molecular weight excluding hydrogens is 364 g/mol. The van der Waals surface area contributed by atoms with Gasteiger partial charge in [-0.1, -0.05) is 23.7 Å². The highest BCUT2D eigenvalue weighted by atomic mass is 35.5. The Morgan fingerprint density at radius 1 is 1.16 bits per heavy atom. The number of carbonyl (C=O) groups is 1. The molecule has 0 saturated carbocycles. The first-order valence-corrected chi connectivity index (χ1v) is 9.37. The number of sulfonamides is 1. The second-order valence-electron chi connectivity index (χ2n) is 5.33. The second kappa shape index (κ2) is 8.22. The summed E-state index contributed by atoms with van der Waals surface area (Å²) in [4.78, 5) is 11.0. The van der Waals surface area contributed by atoms with Crippen LogP contribution in [0, 0.1) is 0 Å². The SMILES string of the molecule is COc1ccc(NS(=O)(=O)c2ccc(CCNC(C)=O)cc2)cc1Cl. The lowest BCUT2D eigenvalue weighted by atomic mass is 10.1. The van der Waals surface area contributed by atoms with Crippen molar-refractivity contribution in [1.82, 2.24) is 5.32 Å². The Bertz CT molecular complexity index is 851. The van der Waals surface area contributed by atoms with Crippen LogP contribution in [0.25, 0.3) is 0 Å². The van der Waals surface area contributed by atoms with Gasteiger partial charge < -0.3 is 10.1 Å². The third-order valence-electron chi connectivity index (χ3n) is 3.43. The lowest BCUT2D eigenvalue weighted by Gasteiger charge is -2.10. The van der Waals surface area contributed by atoms with Crippen LogP contribution in [0.15, 0.2) is 47.4 Å². The number of hydrogen-bond donors (Lipinski definition) is 2. The Labute approximate surface area is 152 Å². The highest BCUT2D eigenvalue weighted by Crippen LogP contribution is 2.28. The van der Waals surface area contributed by atoms with Crippen LogP contribution in [0.3, 0.4) is 0 Å². The minimum absolute atomic E-state index is 0.0958. The van der Waals surface area contributed by atoms with Gasteiger partial charge in [0, 0.05) is 13.5 Å². The minimum Gasteiger partial charge on any atom is -0.495 e. The van der Waals surface area contributed by atoms with E-state index in [1.54, 1.807) is 24.3 Å². The molecule has 0 aromatic heterocycles. The number of anilines is 1. The maximum Gasteiger partial charge on any atom is 0.261 e. The van der Waals surface area contributed by atoms with E-state index in [4.69, 9.17) is 16.3 Å². The fraction of sp³-hybridized carbons (Fsp3) is 0.235. The van der Waals surface area contributed by atoms with E-state index >= 15 is 0 Å². The summed E-state index contributed by atoms with van der Waals surface area (Å²) >= 11 is 6.01. The normalized spacial score (nSPS) is 11.0. The zero-order chi connectivity index (χ0) is 18.4. The number of hydrogen-bond acceptors (Lipinski definition) is 4. The van der Waals surface area contributed by atoms with E-state index < -0.39 is 10.0 Å². The second-order valence-corrected chi connectivity index (χ2v) is 7.42. The zero-order valence-corrected chi connectivity index (χ0v) is 15.4. The predicted molar refractivity (Wildman–Crippen MR) is 97.6 cm³/mol. The molecule has 2 N–H and O–H groups in total. The van der Waals surface area contributed by atoms with Crippen molar-refractivity contribution in [2.45, 2.75) is 18.2 Å². The molecule has 0 spiro atoms. The molecule has 0 radical (unpaired) electrons. The number of benzene rings is 2. The van der Waals surface area contributed by atoms with Crippen LogP contribution in [0.4, 0.5) is 5.69 Å². The maximum absolute atomic E-state index is 12.4. The van der Waals surface area contributed by atoms with Gasteiger partial charge in [-0.15, -0.1) is 0 Å². The quantitative estimate of drug-likeness (QED) is 0.771. The molecular formula is C17H19ClN2O4S. The van der Waals surface area contributed by atoms with Crippen molar-refractivity contribution < 1.29 is 17.9 Å². The Morgan fingerprint density at radius 3 is 2.40 bits per heavy atom. The highest BCUT2D eigenvalue weighted by molar-refractivity contribution is 7.92. The van der Waals surface area contributed by atoms with E-state index in [9.17, 15) is 13.2 Å². The predicted octanol–water partition coefficient (Wildman–Crippen LogP) is 2.83. The van der Waals surface area contributed by atoms with Crippen LogP contribution < -0.4 is 14.8 Å². The first kappa shape index (κ1) is 19.1. The van der Waals surface area contributed by atoms with Gasteiger partial charge in [0.1, 0.15) is 5.75 Å². The van der Waals surface area contributed by atoms with E-state index in [0.29, 0.717) is 29.4 Å². The Kier molecular flexibility index (Phi) is 6.27. The molecule has 0 fully saturated rings. The molecule has 2 aromatic carbocycles. The molecule has 2 rings (SSSR count). The smallest absolute Gasteiger partial charge is 0.261 e. The number of halogens is 1. The van der Waals surface area contributed by atoms with Gasteiger partial charge in [-0.3, -0.25) is 9.52 Å². The molecule has 0 aliphatic heterocycles. The van der Waals surface area contributed by atoms with Crippen molar-refractivity contribution in [3.8, 4) is 5.75 Å². The topological polar surface area (TPSA) is 84.5 Å². The van der Waals surface area contributed by atoms with Gasteiger partial charge in [0.15, 0.2) is 0 Å². The summed E-state index contributed by atoms with van der Waals surface area (Å²) in [5.41, 5.74) is 1.28. The minimum atomic E-state index is -3.72. The molecule has 2 aromatic rings. The van der Waals surface area contributed by atoms with Crippen molar-refractivity contribution >= 4 is 33.2 Å². The van der Waals surface area contributed by atoms with E-state index in [1.807, 2.05) is 0 Å². The fourth-order valence-corrected chi connectivity index (χ4v) is 3.47. The summed E-state index contributed by atoms with van der Waals surface area (Å²) in [5, 5.41) is 3.01. The van der Waals surface area contributed by atoms with E-state index in [1.165, 1.54) is 32.2 Å². The number of carbonyl (C=O) groups excluding carboxylic acids is 1. The molecule has 0 unspecified atom stereocenters. The zero-order valence-electron chi connectivity index (χ0n) is 13.9. The van der Waals surface area contributed by atoms with Gasteiger partial charge in [-0.2, -0.15) is 0 Å². The summed E-state index contributed by atoms with van der Waals surface area (Å²) < 4.78 is 32.4. The van der Waals surface area contributed by atoms with E-state index in [2.05, 4.69) is 10.0 Å². The van der Waals surface area contributed by atoms with Gasteiger partial charge >= 0.3 is 0 Å². The summed E-state index contributed by atoms with van der Waals surface area (Å²) in [7, 11) is -2.23. The molecule has 0 atom stereocenters. The van der Waals surface area contributed by atoms with Crippen LogP contribution in [-0.2, 0) is 21.2 Å². The monoisotopic (exact) mass is 382 g/mol. The average molecular weight is 383 g/mol. The van der Waals surface area contributed by atoms with Crippen molar-refractivity contribution in [2.24, 2.45) is 0 Å². The van der Waals surface area contributed by atoms with Gasteiger partial charge in [0.25, 0.3) is 10.0 Å². The third-order valence-corrected chi connectivity index (χ3v) is 5.12. The lowest BCUT2D eigenvalue weighted by molar-refractivity contribution is -0.118. The summed E-state index contributed by atoms with van der Waals surface area (Å²) in [6.07, 6.45) is 0.626. The van der Waals surface area contributed by atoms with Gasteiger partial charge in [-0.25, -0.2) is 8.42 Å². The number of rotatable bonds is 7. The number of nitrogens with one attached hydrogen (secondary N) is 2. The standard InChI is InChI=1S/C17H19ClN2O4S/c1-12(21)19-10-9-13-3-6-15(7-4-13)25(22,23)20-14-5-8-17(24-2)16(18)11-14/h3-8,11,20H,9-10H2,1-2H3,(H,19,21). The van der Waals surface area contributed by atoms with Crippen LogP contribution in [0.5, 0.6) is 5.75 Å². The fourth-order valence-electron chi connectivity index (χ4n) is 2.16. The Balaban J connectivity index is 2.08. The molecule has 0 saturated heterocycles. The molecule has 6 nitrogen and oxygen atoms in total. The first-order chi connectivity index (χ1) is 11.8. The molecule has 8 heteroatoms. The van der Waals surface area contributed by atoms with Crippen LogP contribution in [0.1, 0.15) is 12.5 Å². The summed E-state index contributed by atoms with van der Waals surface area (Å²) in [6.45, 7) is 1.96. The van der Waals surface area contributed by atoms with Crippen LogP contribution >= 0.6 is 11.6 Å². The molecule has 25 heavy (non-hydrogen) atoms. The van der Waals surface area contributed by atoms with Crippen molar-refractivity contribution in [1.29, 1.82) is 0 Å². The largest absolute Gasteiger partial charge is 0.495 e. The first-order valence-electron chi connectivity index (χ1n) is 7.51. The van der Waals surface area contributed by atoms with Gasteiger partial charge in [0.2, 0.25) is 5.91 Å². The Morgan fingerprint density at radius 2 is 1.84 bits per heavy atom. The van der Waals surface area contributed by atoms with Crippen molar-refractivity contribution in [3.63, 3.8) is 0 Å². The number of amides is 1. The molecule has 0 aliphatic carbocycles. The molecule has 1 amide bonds. The highest BCUT2D eigenvalue weighted by Gasteiger charge is 2.15. The van der Waals surface area contributed by atoms with Crippen LogP contribution in [-0.4, -0.2) is 28.0 Å². The molecule has 0 heterocycles. The third kappa shape index (κ3) is 5.37. The van der Waals surface area contributed by atoms with Crippen LogP contribution in [0.2, 0.25) is 5.02 Å². The van der Waals surface area contributed by atoms with Crippen molar-refractivity contribution in [2.75, 3.05) is 18.4 Å². The molecule has 0 aliphatic rings. The van der Waals surface area contributed by atoms with E-state index in [-0.39, 0.29) is 10.8 Å². The summed E-state index contributed by atoms with van der Waals surface area (Å²) in [6, 6.07) is 11.1. The summed E-state index contributed by atoms with van der Waals surface area (Å²) in [5.74, 6) is 0.370. The molecule has 134 valence electrons. The lowest BCUT2D eigenvalue weighted by Crippen LogP contribution is -2.22. The van der Waals surface area contributed by atoms with E-state index in [0.717, 1.165) is 5.56 Å². The van der Waals surface area contributed by atoms with Crippen molar-refractivity contribution in [3.05, 3.63) is 53.1 Å². The number of methoxy groups -OCH3 is 1.